The lowest BCUT2D eigenvalue weighted by Crippen LogP contribution is -2.20. The fraction of sp³-hybridized carbons (Fsp3) is 0.278. The van der Waals surface area contributed by atoms with Crippen LogP contribution in [0.3, 0.4) is 0 Å². The van der Waals surface area contributed by atoms with Crippen molar-refractivity contribution in [3.63, 3.8) is 0 Å². The minimum atomic E-state index is -3.88. The Bertz CT molecular complexity index is 948. The average Bonchev–Trinajstić information content (AvgIpc) is 3.28. The van der Waals surface area contributed by atoms with E-state index in [0.29, 0.717) is 23.3 Å². The van der Waals surface area contributed by atoms with E-state index >= 15 is 0 Å². The Morgan fingerprint density at radius 2 is 1.78 bits per heavy atom. The molecule has 1 aliphatic heterocycles. The van der Waals surface area contributed by atoms with E-state index in [1.54, 1.807) is 12.1 Å². The second-order valence-corrected chi connectivity index (χ2v) is 7.64. The van der Waals surface area contributed by atoms with Crippen molar-refractivity contribution in [2.75, 3.05) is 0 Å². The highest BCUT2D eigenvalue weighted by molar-refractivity contribution is 7.86. The number of hydrogen-bond acceptors (Lipinski definition) is 3. The second-order valence-electron chi connectivity index (χ2n) is 6.44. The van der Waals surface area contributed by atoms with Crippen LogP contribution in [-0.2, 0) is 16.7 Å². The van der Waals surface area contributed by atoms with Crippen LogP contribution in [0.25, 0.3) is 0 Å². The van der Waals surface area contributed by atoms with Gasteiger partial charge < -0.3 is 4.18 Å². The van der Waals surface area contributed by atoms with Crippen molar-refractivity contribution < 1.29 is 12.6 Å². The molecule has 0 aromatic heterocycles. The Morgan fingerprint density at radius 1 is 1.00 bits per heavy atom. The van der Waals surface area contributed by atoms with Crippen LogP contribution >= 0.6 is 0 Å². The van der Waals surface area contributed by atoms with Gasteiger partial charge in [-0.05, 0) is 47.9 Å². The molecule has 3 atom stereocenters. The molecular weight excluding hydrogens is 310 g/mol. The van der Waals surface area contributed by atoms with Crippen molar-refractivity contribution in [2.45, 2.75) is 18.8 Å². The molecule has 0 bridgehead atoms. The molecule has 0 amide bonds. The molecule has 1 heterocycles. The highest BCUT2D eigenvalue weighted by Crippen LogP contribution is 2.61. The molecule has 1 saturated carbocycles. The maximum Gasteiger partial charge on any atom is 0.428 e. The van der Waals surface area contributed by atoms with Gasteiger partial charge in [0.15, 0.2) is 5.75 Å². The van der Waals surface area contributed by atoms with E-state index in [1.165, 1.54) is 11.1 Å². The zero-order valence-electron chi connectivity index (χ0n) is 12.3. The summed E-state index contributed by atoms with van der Waals surface area (Å²) in [4.78, 5) is 0. The molecular formula is C18H15NO3S. The number of aryl methyl sites for hydroxylation is 1. The molecule has 2 aliphatic carbocycles. The molecule has 3 aliphatic rings. The van der Waals surface area contributed by atoms with Gasteiger partial charge in [-0.3, -0.25) is 0 Å². The van der Waals surface area contributed by atoms with E-state index in [9.17, 15) is 8.42 Å². The lowest BCUT2D eigenvalue weighted by atomic mass is 9.92. The Labute approximate surface area is 135 Å². The van der Waals surface area contributed by atoms with Crippen LogP contribution in [0, 0.1) is 11.8 Å². The number of hydrogen-bond donors (Lipinski definition) is 0. The molecule has 116 valence electrons. The second kappa shape index (κ2) is 4.45. The minimum absolute atomic E-state index is 0.179. The zero-order valence-corrected chi connectivity index (χ0v) is 13.2. The number of nitrogens with zero attached hydrogens (tertiary/aromatic N) is 1. The monoisotopic (exact) mass is 325 g/mol. The third-order valence-electron chi connectivity index (χ3n) is 5.21. The van der Waals surface area contributed by atoms with Crippen LogP contribution in [0.15, 0.2) is 52.9 Å². The van der Waals surface area contributed by atoms with Crippen LogP contribution in [0.2, 0.25) is 0 Å². The first-order valence-electron chi connectivity index (χ1n) is 7.85. The van der Waals surface area contributed by atoms with E-state index in [-0.39, 0.29) is 5.92 Å². The molecule has 0 radical (unpaired) electrons. The van der Waals surface area contributed by atoms with Gasteiger partial charge in [0.05, 0.1) is 5.71 Å². The average molecular weight is 325 g/mol. The van der Waals surface area contributed by atoms with Gasteiger partial charge in [-0.15, -0.1) is 4.40 Å². The van der Waals surface area contributed by atoms with Crippen LogP contribution < -0.4 is 4.18 Å². The molecule has 2 aromatic carbocycles. The lowest BCUT2D eigenvalue weighted by Gasteiger charge is -2.16. The summed E-state index contributed by atoms with van der Waals surface area (Å²) < 4.78 is 33.0. The highest BCUT2D eigenvalue weighted by atomic mass is 32.2. The van der Waals surface area contributed by atoms with Gasteiger partial charge in [0.2, 0.25) is 0 Å². The van der Waals surface area contributed by atoms with E-state index < -0.39 is 10.3 Å². The molecule has 0 saturated heterocycles. The Morgan fingerprint density at radius 3 is 2.70 bits per heavy atom. The Hall–Kier alpha value is -2.14. The van der Waals surface area contributed by atoms with E-state index in [1.807, 2.05) is 12.1 Å². The van der Waals surface area contributed by atoms with Gasteiger partial charge >= 0.3 is 10.3 Å². The van der Waals surface area contributed by atoms with Gasteiger partial charge in [0, 0.05) is 11.5 Å². The summed E-state index contributed by atoms with van der Waals surface area (Å²) in [5, 5.41) is 0. The van der Waals surface area contributed by atoms with Gasteiger partial charge in [-0.25, -0.2) is 0 Å². The largest absolute Gasteiger partial charge is 0.428 e. The van der Waals surface area contributed by atoms with E-state index in [0.717, 1.165) is 18.4 Å². The quantitative estimate of drug-likeness (QED) is 0.809. The summed E-state index contributed by atoms with van der Waals surface area (Å²) in [7, 11) is -3.88. The highest BCUT2D eigenvalue weighted by Gasteiger charge is 2.56. The van der Waals surface area contributed by atoms with Gasteiger partial charge in [-0.2, -0.15) is 8.42 Å². The predicted octanol–water partition coefficient (Wildman–Crippen LogP) is 3.09. The van der Waals surface area contributed by atoms with E-state index in [4.69, 9.17) is 4.18 Å². The summed E-state index contributed by atoms with van der Waals surface area (Å²) in [5.41, 5.74) is 4.25. The van der Waals surface area contributed by atoms with Crippen molar-refractivity contribution in [3.05, 3.63) is 65.2 Å². The Balaban J connectivity index is 1.62. The maximum atomic E-state index is 12.0. The number of benzene rings is 2. The maximum absolute atomic E-state index is 12.0. The summed E-state index contributed by atoms with van der Waals surface area (Å²) in [6.07, 6.45) is 2.15. The van der Waals surface area contributed by atoms with Gasteiger partial charge in [-0.1, -0.05) is 36.4 Å². The van der Waals surface area contributed by atoms with Crippen LogP contribution in [-0.4, -0.2) is 14.1 Å². The minimum Gasteiger partial charge on any atom is -0.365 e. The summed E-state index contributed by atoms with van der Waals surface area (Å²) in [6.45, 7) is 0. The third-order valence-corrected chi connectivity index (χ3v) is 6.02. The van der Waals surface area contributed by atoms with Crippen LogP contribution in [0.1, 0.15) is 29.0 Å². The fourth-order valence-corrected chi connectivity index (χ4v) is 5.10. The zero-order chi connectivity index (χ0) is 15.6. The Kier molecular flexibility index (Phi) is 2.57. The summed E-state index contributed by atoms with van der Waals surface area (Å²) in [5.74, 6) is 1.46. The molecule has 5 rings (SSSR count). The molecule has 23 heavy (non-hydrogen) atoms. The standard InChI is InChI=1S/C18H15NO3S/c20-23(21)19-18(13-7-3-4-8-15(13)22-23)17-14-10-9-11-5-1-2-6-12(11)16(14)17/h1-8,14,16-17H,9-10H2/t14-,16+,17+/m1/s1. The van der Waals surface area contributed by atoms with Crippen molar-refractivity contribution in [3.8, 4) is 5.75 Å². The molecule has 1 fully saturated rings. The van der Waals surface area contributed by atoms with Crippen molar-refractivity contribution in [1.29, 1.82) is 0 Å². The number of fused-ring (bicyclic) bond motifs is 4. The van der Waals surface area contributed by atoms with Gasteiger partial charge in [0.25, 0.3) is 0 Å². The summed E-state index contributed by atoms with van der Waals surface area (Å²) in [6, 6.07) is 15.8. The first-order valence-corrected chi connectivity index (χ1v) is 9.22. The van der Waals surface area contributed by atoms with Crippen LogP contribution in [0.5, 0.6) is 5.75 Å². The topological polar surface area (TPSA) is 55.7 Å². The molecule has 4 nitrogen and oxygen atoms in total. The molecule has 5 heteroatoms. The molecule has 0 unspecified atom stereocenters. The number of para-hydroxylation sites is 1. The molecule has 2 aromatic rings. The molecule has 0 spiro atoms. The van der Waals surface area contributed by atoms with E-state index in [2.05, 4.69) is 28.7 Å². The molecule has 0 N–H and O–H groups in total. The SMILES string of the molecule is O=S1(=O)N=C([C@H]2[C@@H]3CCc4ccccc4[C@@H]32)c2ccccc2O1. The predicted molar refractivity (Wildman–Crippen MR) is 87.0 cm³/mol. The number of rotatable bonds is 1. The van der Waals surface area contributed by atoms with Crippen molar-refractivity contribution in [1.82, 2.24) is 0 Å². The smallest absolute Gasteiger partial charge is 0.365 e. The normalized spacial score (nSPS) is 29.4. The first-order chi connectivity index (χ1) is 11.1. The van der Waals surface area contributed by atoms with Crippen molar-refractivity contribution in [2.24, 2.45) is 16.2 Å². The van der Waals surface area contributed by atoms with Crippen LogP contribution in [0.4, 0.5) is 0 Å². The van der Waals surface area contributed by atoms with Gasteiger partial charge in [0.1, 0.15) is 0 Å². The fourth-order valence-electron chi connectivity index (χ4n) is 4.23. The summed E-state index contributed by atoms with van der Waals surface area (Å²) >= 11 is 0. The third kappa shape index (κ3) is 1.96. The lowest BCUT2D eigenvalue weighted by molar-refractivity contribution is 0.484. The first kappa shape index (κ1) is 13.3. The van der Waals surface area contributed by atoms with Crippen molar-refractivity contribution >= 4 is 16.0 Å².